The summed E-state index contributed by atoms with van der Waals surface area (Å²) in [6, 6.07) is 3.34. The van der Waals surface area contributed by atoms with Crippen LogP contribution in [-0.2, 0) is 25.6 Å². The molecule has 0 aromatic carbocycles. The van der Waals surface area contributed by atoms with Crippen molar-refractivity contribution >= 4 is 10.1 Å². The van der Waals surface area contributed by atoms with E-state index in [0.717, 1.165) is 6.26 Å². The van der Waals surface area contributed by atoms with Crippen molar-refractivity contribution in [1.82, 2.24) is 4.98 Å². The van der Waals surface area contributed by atoms with Crippen molar-refractivity contribution in [2.75, 3.05) is 26.6 Å². The van der Waals surface area contributed by atoms with Crippen molar-refractivity contribution in [1.29, 1.82) is 0 Å². The highest BCUT2D eigenvalue weighted by molar-refractivity contribution is 7.85. The second-order valence-electron chi connectivity index (χ2n) is 3.29. The first-order valence-electron chi connectivity index (χ1n) is 4.92. The number of pyridine rings is 1. The minimum absolute atomic E-state index is 0.0722. The van der Waals surface area contributed by atoms with E-state index in [4.69, 9.17) is 9.47 Å². The van der Waals surface area contributed by atoms with Gasteiger partial charge in [-0.15, -0.1) is 0 Å². The molecule has 0 saturated carbocycles. The highest BCUT2D eigenvalue weighted by Gasteiger charge is 2.03. The summed E-state index contributed by atoms with van der Waals surface area (Å²) in [6.07, 6.45) is 2.51. The zero-order valence-electron chi connectivity index (χ0n) is 9.75. The zero-order valence-corrected chi connectivity index (χ0v) is 10.6. The fourth-order valence-electron chi connectivity index (χ4n) is 0.992. The van der Waals surface area contributed by atoms with Crippen molar-refractivity contribution in [3.05, 3.63) is 24.0 Å². The fraction of sp³-hybridized carbons (Fsp3) is 0.500. The predicted molar refractivity (Wildman–Crippen MR) is 61.2 cm³/mol. The molecule has 0 amide bonds. The van der Waals surface area contributed by atoms with E-state index in [1.54, 1.807) is 19.2 Å². The molecule has 6 nitrogen and oxygen atoms in total. The monoisotopic (exact) mass is 261 g/mol. The van der Waals surface area contributed by atoms with Crippen LogP contribution in [0.4, 0.5) is 0 Å². The molecule has 1 heterocycles. The first-order chi connectivity index (χ1) is 8.01. The Morgan fingerprint density at radius 1 is 1.29 bits per heavy atom. The number of aromatic nitrogens is 1. The van der Waals surface area contributed by atoms with Gasteiger partial charge in [0.25, 0.3) is 10.1 Å². The minimum Gasteiger partial charge on any atom is -0.490 e. The number of ether oxygens (including phenoxy) is 2. The number of nitrogens with zero attached hydrogens (tertiary/aromatic N) is 1. The Morgan fingerprint density at radius 2 is 2.06 bits per heavy atom. The highest BCUT2D eigenvalue weighted by atomic mass is 32.2. The molecule has 0 bridgehead atoms. The van der Waals surface area contributed by atoms with Gasteiger partial charge < -0.3 is 9.47 Å². The van der Waals surface area contributed by atoms with E-state index >= 15 is 0 Å². The summed E-state index contributed by atoms with van der Waals surface area (Å²) in [6.45, 7) is 0.869. The third-order valence-corrected chi connectivity index (χ3v) is 2.32. The van der Waals surface area contributed by atoms with Gasteiger partial charge in [-0.25, -0.2) is 0 Å². The Balaban J connectivity index is 2.44. The molecule has 96 valence electrons. The van der Waals surface area contributed by atoms with Crippen LogP contribution in [0.2, 0.25) is 0 Å². The molecule has 0 aliphatic carbocycles. The summed E-state index contributed by atoms with van der Waals surface area (Å²) >= 11 is 0. The van der Waals surface area contributed by atoms with Crippen LogP contribution in [0.25, 0.3) is 0 Å². The van der Waals surface area contributed by atoms with E-state index in [1.165, 1.54) is 6.20 Å². The Hall–Kier alpha value is -1.18. The molecule has 0 saturated heterocycles. The lowest BCUT2D eigenvalue weighted by molar-refractivity contribution is 0.146. The van der Waals surface area contributed by atoms with Crippen molar-refractivity contribution in [2.24, 2.45) is 0 Å². The smallest absolute Gasteiger partial charge is 0.264 e. The molecule has 7 heteroatoms. The van der Waals surface area contributed by atoms with E-state index in [1.807, 2.05) is 0 Å². The highest BCUT2D eigenvalue weighted by Crippen LogP contribution is 2.10. The molecule has 1 rings (SSSR count). The van der Waals surface area contributed by atoms with Crippen molar-refractivity contribution < 1.29 is 22.1 Å². The number of rotatable bonds is 7. The second-order valence-corrected chi connectivity index (χ2v) is 4.94. The minimum atomic E-state index is -3.44. The van der Waals surface area contributed by atoms with E-state index in [9.17, 15) is 8.42 Å². The van der Waals surface area contributed by atoms with Crippen molar-refractivity contribution in [3.63, 3.8) is 0 Å². The van der Waals surface area contributed by atoms with Crippen LogP contribution in [0.1, 0.15) is 5.69 Å². The summed E-state index contributed by atoms with van der Waals surface area (Å²) in [5.41, 5.74) is 0.523. The van der Waals surface area contributed by atoms with Gasteiger partial charge in [-0.05, 0) is 12.1 Å². The normalized spacial score (nSPS) is 11.4. The summed E-state index contributed by atoms with van der Waals surface area (Å²) < 4.78 is 36.2. The predicted octanol–water partition coefficient (Wildman–Crippen LogP) is 0.583. The Kier molecular flexibility index (Phi) is 5.33. The first kappa shape index (κ1) is 13.9. The van der Waals surface area contributed by atoms with Crippen LogP contribution in [-0.4, -0.2) is 40.0 Å². The average Bonchev–Trinajstić information content (AvgIpc) is 2.27. The number of hydrogen-bond acceptors (Lipinski definition) is 6. The van der Waals surface area contributed by atoms with E-state index < -0.39 is 10.1 Å². The van der Waals surface area contributed by atoms with Gasteiger partial charge in [-0.1, -0.05) is 0 Å². The van der Waals surface area contributed by atoms with Crippen LogP contribution < -0.4 is 4.74 Å². The van der Waals surface area contributed by atoms with Gasteiger partial charge in [0, 0.05) is 7.11 Å². The van der Waals surface area contributed by atoms with Crippen molar-refractivity contribution in [2.45, 2.75) is 6.61 Å². The van der Waals surface area contributed by atoms with Crippen LogP contribution in [0.15, 0.2) is 18.3 Å². The summed E-state index contributed by atoms with van der Waals surface area (Å²) in [7, 11) is -1.85. The number of methoxy groups -OCH3 is 1. The van der Waals surface area contributed by atoms with Crippen molar-refractivity contribution in [3.8, 4) is 5.75 Å². The summed E-state index contributed by atoms with van der Waals surface area (Å²) in [5.74, 6) is 0.602. The molecule has 0 N–H and O–H groups in total. The maximum Gasteiger partial charge on any atom is 0.264 e. The summed E-state index contributed by atoms with van der Waals surface area (Å²) in [5, 5.41) is 0. The standard InChI is InChI=1S/C10H15NO5S/c1-14-5-6-15-10-4-3-9(11-7-10)8-16-17(2,12)13/h3-4,7H,5-6,8H2,1-2H3. The van der Waals surface area contributed by atoms with E-state index in [2.05, 4.69) is 9.17 Å². The molecule has 0 spiro atoms. The third-order valence-electron chi connectivity index (χ3n) is 1.77. The molecule has 1 aromatic heterocycles. The lowest BCUT2D eigenvalue weighted by Crippen LogP contribution is -2.06. The molecule has 17 heavy (non-hydrogen) atoms. The maximum absolute atomic E-state index is 10.8. The quantitative estimate of drug-likeness (QED) is 0.528. The summed E-state index contributed by atoms with van der Waals surface area (Å²) in [4.78, 5) is 4.01. The van der Waals surface area contributed by atoms with E-state index in [-0.39, 0.29) is 6.61 Å². The molecule has 0 atom stereocenters. The topological polar surface area (TPSA) is 74.7 Å². The zero-order chi connectivity index (χ0) is 12.7. The molecule has 0 fully saturated rings. The molecule has 0 aliphatic rings. The third kappa shape index (κ3) is 6.20. The van der Waals surface area contributed by atoms with Gasteiger partial charge in [-0.3, -0.25) is 9.17 Å². The van der Waals surface area contributed by atoms with Gasteiger partial charge in [0.1, 0.15) is 19.0 Å². The molecule has 0 radical (unpaired) electrons. The molecule has 0 aliphatic heterocycles. The van der Waals surface area contributed by atoms with Gasteiger partial charge >= 0.3 is 0 Å². The second kappa shape index (κ2) is 6.53. The lowest BCUT2D eigenvalue weighted by atomic mass is 10.3. The Morgan fingerprint density at radius 3 is 2.59 bits per heavy atom. The first-order valence-corrected chi connectivity index (χ1v) is 6.74. The van der Waals surface area contributed by atoms with E-state index in [0.29, 0.717) is 24.7 Å². The van der Waals surface area contributed by atoms with Gasteiger partial charge in [0.05, 0.1) is 24.8 Å². The average molecular weight is 261 g/mol. The van der Waals surface area contributed by atoms with Crippen LogP contribution >= 0.6 is 0 Å². The maximum atomic E-state index is 10.8. The largest absolute Gasteiger partial charge is 0.490 e. The molecular formula is C10H15NO5S. The molecular weight excluding hydrogens is 246 g/mol. The van der Waals surface area contributed by atoms with Gasteiger partial charge in [0.15, 0.2) is 0 Å². The number of hydrogen-bond donors (Lipinski definition) is 0. The molecule has 1 aromatic rings. The van der Waals surface area contributed by atoms with Crippen LogP contribution in [0, 0.1) is 0 Å². The Labute approximate surface area is 101 Å². The van der Waals surface area contributed by atoms with Gasteiger partial charge in [-0.2, -0.15) is 8.42 Å². The van der Waals surface area contributed by atoms with Crippen LogP contribution in [0.3, 0.4) is 0 Å². The van der Waals surface area contributed by atoms with Gasteiger partial charge in [0.2, 0.25) is 0 Å². The Bertz CT molecular complexity index is 429. The molecule has 0 unspecified atom stereocenters. The fourth-order valence-corrected chi connectivity index (χ4v) is 1.33. The SMILES string of the molecule is COCCOc1ccc(COS(C)(=O)=O)nc1. The van der Waals surface area contributed by atoms with Crippen LogP contribution in [0.5, 0.6) is 5.75 Å². The lowest BCUT2D eigenvalue weighted by Gasteiger charge is -2.05.